The van der Waals surface area contributed by atoms with Crippen molar-refractivity contribution in [2.24, 2.45) is 5.92 Å². The molecule has 2 aromatic heterocycles. The molecular formula is C16H17N5O2. The number of aromatic amines is 1. The highest BCUT2D eigenvalue weighted by atomic mass is 16.2. The van der Waals surface area contributed by atoms with Crippen LogP contribution in [0, 0.1) is 5.92 Å². The van der Waals surface area contributed by atoms with E-state index in [1.807, 2.05) is 44.2 Å². The first-order valence-electron chi connectivity index (χ1n) is 7.38. The van der Waals surface area contributed by atoms with Gasteiger partial charge in [0.2, 0.25) is 11.7 Å². The Kier molecular flexibility index (Phi) is 3.92. The first-order chi connectivity index (χ1) is 11.0. The van der Waals surface area contributed by atoms with Crippen LogP contribution in [0.15, 0.2) is 41.2 Å². The molecule has 0 spiro atoms. The third-order valence-electron chi connectivity index (χ3n) is 3.23. The summed E-state index contributed by atoms with van der Waals surface area (Å²) in [6, 6.07) is 10.7. The summed E-state index contributed by atoms with van der Waals surface area (Å²) in [5.74, 6) is 1.14. The molecule has 1 aromatic carbocycles. The number of carbonyl (C=O) groups is 1. The number of benzene rings is 1. The van der Waals surface area contributed by atoms with Crippen LogP contribution in [-0.4, -0.2) is 25.5 Å². The molecule has 0 radical (unpaired) electrons. The van der Waals surface area contributed by atoms with Crippen LogP contribution in [0.1, 0.15) is 20.3 Å². The lowest BCUT2D eigenvalue weighted by Crippen LogP contribution is -2.19. The third kappa shape index (κ3) is 3.28. The summed E-state index contributed by atoms with van der Waals surface area (Å²) >= 11 is 0. The smallest absolute Gasteiger partial charge is 0.254 e. The van der Waals surface area contributed by atoms with E-state index in [-0.39, 0.29) is 23.2 Å². The predicted molar refractivity (Wildman–Crippen MR) is 87.1 cm³/mol. The molecular weight excluding hydrogens is 294 g/mol. The summed E-state index contributed by atoms with van der Waals surface area (Å²) in [6.45, 7) is 3.91. The number of aromatic nitrogens is 4. The minimum Gasteiger partial charge on any atom is -0.310 e. The second-order valence-corrected chi connectivity index (χ2v) is 5.70. The maximum Gasteiger partial charge on any atom is 0.254 e. The zero-order valence-corrected chi connectivity index (χ0v) is 12.9. The van der Waals surface area contributed by atoms with Crippen molar-refractivity contribution in [3.05, 3.63) is 46.8 Å². The molecule has 2 heterocycles. The summed E-state index contributed by atoms with van der Waals surface area (Å²) in [5, 5.41) is 7.10. The third-order valence-corrected chi connectivity index (χ3v) is 3.23. The van der Waals surface area contributed by atoms with E-state index in [4.69, 9.17) is 0 Å². The highest BCUT2D eigenvalue weighted by Crippen LogP contribution is 2.16. The van der Waals surface area contributed by atoms with E-state index < -0.39 is 0 Å². The fourth-order valence-corrected chi connectivity index (χ4v) is 2.26. The van der Waals surface area contributed by atoms with Crippen LogP contribution >= 0.6 is 0 Å². The highest BCUT2D eigenvalue weighted by molar-refractivity contribution is 5.90. The predicted octanol–water partition coefficient (Wildman–Crippen LogP) is 2.07. The van der Waals surface area contributed by atoms with Crippen LogP contribution in [0.25, 0.3) is 17.2 Å². The topological polar surface area (TPSA) is 92.1 Å². The molecule has 0 saturated carbocycles. The van der Waals surface area contributed by atoms with Crippen LogP contribution < -0.4 is 10.9 Å². The molecule has 0 bridgehead atoms. The number of H-pyrrole nitrogens is 1. The lowest BCUT2D eigenvalue weighted by atomic mass is 10.1. The molecule has 0 saturated heterocycles. The molecule has 0 fully saturated rings. The van der Waals surface area contributed by atoms with Gasteiger partial charge in [-0.1, -0.05) is 44.2 Å². The molecule has 0 atom stereocenters. The number of fused-ring (bicyclic) bond motifs is 1. The number of rotatable bonds is 4. The van der Waals surface area contributed by atoms with E-state index in [1.165, 1.54) is 10.6 Å². The molecule has 3 rings (SSSR count). The van der Waals surface area contributed by atoms with Crippen molar-refractivity contribution in [2.75, 3.05) is 5.32 Å². The molecule has 2 N–H and O–H groups in total. The van der Waals surface area contributed by atoms with Gasteiger partial charge in [0.05, 0.1) is 0 Å². The first kappa shape index (κ1) is 15.0. The van der Waals surface area contributed by atoms with Gasteiger partial charge >= 0.3 is 0 Å². The first-order valence-corrected chi connectivity index (χ1v) is 7.38. The number of nitrogens with one attached hydrogen (secondary N) is 2. The maximum atomic E-state index is 12.0. The molecule has 118 valence electrons. The van der Waals surface area contributed by atoms with Crippen molar-refractivity contribution in [3.8, 4) is 11.4 Å². The highest BCUT2D eigenvalue weighted by Gasteiger charge is 2.13. The number of hydrogen-bond donors (Lipinski definition) is 2. The molecule has 0 aliphatic carbocycles. The Morgan fingerprint density at radius 1 is 1.30 bits per heavy atom. The molecule has 7 nitrogen and oxygen atoms in total. The summed E-state index contributed by atoms with van der Waals surface area (Å²) < 4.78 is 1.43. The second-order valence-electron chi connectivity index (χ2n) is 5.70. The number of nitrogens with zero attached hydrogens (tertiary/aromatic N) is 3. The Hall–Kier alpha value is -2.96. The Morgan fingerprint density at radius 2 is 2.04 bits per heavy atom. The van der Waals surface area contributed by atoms with Crippen molar-refractivity contribution < 1.29 is 4.79 Å². The Labute approximate surface area is 132 Å². The van der Waals surface area contributed by atoms with Crippen molar-refractivity contribution in [3.63, 3.8) is 0 Å². The van der Waals surface area contributed by atoms with E-state index >= 15 is 0 Å². The van der Waals surface area contributed by atoms with Gasteiger partial charge in [0.15, 0.2) is 5.82 Å². The lowest BCUT2D eigenvalue weighted by molar-refractivity contribution is -0.116. The van der Waals surface area contributed by atoms with Crippen LogP contribution in [0.5, 0.6) is 0 Å². The second kappa shape index (κ2) is 6.04. The van der Waals surface area contributed by atoms with Gasteiger partial charge in [-0.15, -0.1) is 5.10 Å². The monoisotopic (exact) mass is 311 g/mol. The standard InChI is InChI=1S/C16H17N5O2/c1-10(2)8-13(22)17-12-9-14(23)18-16-19-15(20-21(12)16)11-6-4-3-5-7-11/h3-7,9-10H,8H2,1-2H3,(H,17,22)(H,18,19,20,23). The molecule has 0 aliphatic rings. The van der Waals surface area contributed by atoms with Crippen LogP contribution in [0.2, 0.25) is 0 Å². The van der Waals surface area contributed by atoms with Crippen molar-refractivity contribution in [2.45, 2.75) is 20.3 Å². The summed E-state index contributed by atoms with van der Waals surface area (Å²) in [6.07, 6.45) is 0.370. The zero-order chi connectivity index (χ0) is 16.4. The van der Waals surface area contributed by atoms with Crippen LogP contribution in [0.4, 0.5) is 5.82 Å². The van der Waals surface area contributed by atoms with Gasteiger partial charge in [-0.25, -0.2) is 0 Å². The number of hydrogen-bond acceptors (Lipinski definition) is 4. The average Bonchev–Trinajstić information content (AvgIpc) is 2.91. The van der Waals surface area contributed by atoms with Gasteiger partial charge in [0.1, 0.15) is 5.82 Å². The normalized spacial score (nSPS) is 11.1. The molecule has 3 aromatic rings. The Bertz CT molecular complexity index is 896. The van der Waals surface area contributed by atoms with Crippen molar-refractivity contribution in [1.82, 2.24) is 19.6 Å². The zero-order valence-electron chi connectivity index (χ0n) is 12.9. The van der Waals surface area contributed by atoms with Crippen molar-refractivity contribution >= 4 is 17.5 Å². The fourth-order valence-electron chi connectivity index (χ4n) is 2.26. The number of amides is 1. The molecule has 23 heavy (non-hydrogen) atoms. The molecule has 0 aliphatic heterocycles. The van der Waals surface area contributed by atoms with Crippen LogP contribution in [0.3, 0.4) is 0 Å². The maximum absolute atomic E-state index is 12.0. The van der Waals surface area contributed by atoms with Crippen molar-refractivity contribution in [1.29, 1.82) is 0 Å². The van der Waals surface area contributed by atoms with E-state index in [1.54, 1.807) is 0 Å². The summed E-state index contributed by atoms with van der Waals surface area (Å²) in [5.41, 5.74) is 0.487. The summed E-state index contributed by atoms with van der Waals surface area (Å²) in [7, 11) is 0. The SMILES string of the molecule is CC(C)CC(=O)Nc1cc(=O)[nH]c2nc(-c3ccccc3)nn12. The van der Waals surface area contributed by atoms with Gasteiger partial charge < -0.3 is 5.32 Å². The number of anilines is 1. The summed E-state index contributed by atoms with van der Waals surface area (Å²) in [4.78, 5) is 30.7. The minimum atomic E-state index is -0.343. The lowest BCUT2D eigenvalue weighted by Gasteiger charge is -2.07. The molecule has 1 amide bonds. The molecule has 7 heteroatoms. The average molecular weight is 311 g/mol. The van der Waals surface area contributed by atoms with Crippen LogP contribution in [-0.2, 0) is 4.79 Å². The Balaban J connectivity index is 2.03. The van der Waals surface area contributed by atoms with Gasteiger partial charge in [-0.05, 0) is 5.92 Å². The van der Waals surface area contributed by atoms with E-state index in [9.17, 15) is 9.59 Å². The van der Waals surface area contributed by atoms with Gasteiger partial charge in [-0.2, -0.15) is 9.50 Å². The van der Waals surface area contributed by atoms with E-state index in [2.05, 4.69) is 20.4 Å². The largest absolute Gasteiger partial charge is 0.310 e. The van der Waals surface area contributed by atoms with Gasteiger partial charge in [-0.3, -0.25) is 14.6 Å². The number of carbonyl (C=O) groups excluding carboxylic acids is 1. The fraction of sp³-hybridized carbons (Fsp3) is 0.250. The quantitative estimate of drug-likeness (QED) is 0.771. The molecule has 0 unspecified atom stereocenters. The Morgan fingerprint density at radius 3 is 2.74 bits per heavy atom. The minimum absolute atomic E-state index is 0.163. The van der Waals surface area contributed by atoms with E-state index in [0.29, 0.717) is 18.1 Å². The van der Waals surface area contributed by atoms with E-state index in [0.717, 1.165) is 5.56 Å². The van der Waals surface area contributed by atoms with Gasteiger partial charge in [0.25, 0.3) is 5.56 Å². The van der Waals surface area contributed by atoms with Gasteiger partial charge in [0, 0.05) is 18.1 Å².